The number of pyridine rings is 1. The molecule has 0 radical (unpaired) electrons. The van der Waals surface area contributed by atoms with Crippen LogP contribution in [0.15, 0.2) is 30.3 Å². The van der Waals surface area contributed by atoms with Crippen LogP contribution in [0.2, 0.25) is 15.3 Å². The van der Waals surface area contributed by atoms with E-state index in [4.69, 9.17) is 39.5 Å². The minimum absolute atomic E-state index is 0.0258. The molecular formula is C15H12Cl3N3O3. The second-order valence-corrected chi connectivity index (χ2v) is 5.71. The summed E-state index contributed by atoms with van der Waals surface area (Å²) < 4.78 is 5.04. The quantitative estimate of drug-likeness (QED) is 0.783. The van der Waals surface area contributed by atoms with Crippen molar-refractivity contribution in [2.75, 3.05) is 7.11 Å². The van der Waals surface area contributed by atoms with Gasteiger partial charge >= 0.3 is 6.03 Å². The number of imide groups is 1. The molecule has 1 heterocycles. The predicted octanol–water partition coefficient (Wildman–Crippen LogP) is 3.69. The summed E-state index contributed by atoms with van der Waals surface area (Å²) in [5, 5.41) is 4.57. The van der Waals surface area contributed by atoms with Crippen LogP contribution < -0.4 is 15.4 Å². The number of ether oxygens (including phenoxy) is 1. The zero-order chi connectivity index (χ0) is 17.7. The highest BCUT2D eigenvalue weighted by Crippen LogP contribution is 2.25. The Morgan fingerprint density at radius 3 is 2.42 bits per heavy atom. The highest BCUT2D eigenvalue weighted by Gasteiger charge is 2.17. The molecule has 3 amide bonds. The number of rotatable bonds is 4. The van der Waals surface area contributed by atoms with Crippen molar-refractivity contribution in [2.24, 2.45) is 0 Å². The van der Waals surface area contributed by atoms with Gasteiger partial charge in [0, 0.05) is 6.54 Å². The number of amides is 3. The molecule has 126 valence electrons. The van der Waals surface area contributed by atoms with Gasteiger partial charge in [0.05, 0.1) is 17.7 Å². The fourth-order valence-electron chi connectivity index (χ4n) is 1.75. The largest absolute Gasteiger partial charge is 0.497 e. The molecule has 0 atom stereocenters. The van der Waals surface area contributed by atoms with E-state index < -0.39 is 11.9 Å². The van der Waals surface area contributed by atoms with Crippen LogP contribution >= 0.6 is 34.8 Å². The summed E-state index contributed by atoms with van der Waals surface area (Å²) in [4.78, 5) is 27.5. The number of carbonyl (C=O) groups excluding carboxylic acids is 2. The Bertz CT molecular complexity index is 767. The van der Waals surface area contributed by atoms with E-state index in [1.54, 1.807) is 31.4 Å². The first-order valence-corrected chi connectivity index (χ1v) is 7.77. The van der Waals surface area contributed by atoms with Gasteiger partial charge in [0.15, 0.2) is 0 Å². The molecular weight excluding hydrogens is 377 g/mol. The van der Waals surface area contributed by atoms with Crippen molar-refractivity contribution in [3.8, 4) is 5.75 Å². The number of benzene rings is 1. The highest BCUT2D eigenvalue weighted by atomic mass is 35.5. The second-order valence-electron chi connectivity index (χ2n) is 4.58. The minimum Gasteiger partial charge on any atom is -0.497 e. The molecule has 0 saturated carbocycles. The third kappa shape index (κ3) is 4.74. The van der Waals surface area contributed by atoms with Crippen molar-refractivity contribution in [3.63, 3.8) is 0 Å². The zero-order valence-electron chi connectivity index (χ0n) is 12.4. The number of carbonyl (C=O) groups is 2. The van der Waals surface area contributed by atoms with Crippen LogP contribution in [0.1, 0.15) is 15.9 Å². The average molecular weight is 389 g/mol. The van der Waals surface area contributed by atoms with Gasteiger partial charge < -0.3 is 10.1 Å². The van der Waals surface area contributed by atoms with Gasteiger partial charge in [-0.1, -0.05) is 46.9 Å². The van der Waals surface area contributed by atoms with Gasteiger partial charge in [-0.3, -0.25) is 10.1 Å². The first-order valence-electron chi connectivity index (χ1n) is 6.64. The molecule has 1 aromatic carbocycles. The first-order chi connectivity index (χ1) is 11.4. The molecule has 0 spiro atoms. The Morgan fingerprint density at radius 2 is 1.79 bits per heavy atom. The molecule has 0 aliphatic carbocycles. The monoisotopic (exact) mass is 387 g/mol. The lowest BCUT2D eigenvalue weighted by Gasteiger charge is -2.09. The van der Waals surface area contributed by atoms with Gasteiger partial charge in [-0.2, -0.15) is 0 Å². The van der Waals surface area contributed by atoms with Crippen molar-refractivity contribution in [1.29, 1.82) is 0 Å². The smallest absolute Gasteiger partial charge is 0.321 e. The molecule has 2 aromatic rings. The van der Waals surface area contributed by atoms with Crippen LogP contribution in [0.25, 0.3) is 0 Å². The Kier molecular flexibility index (Phi) is 6.25. The van der Waals surface area contributed by atoms with E-state index >= 15 is 0 Å². The van der Waals surface area contributed by atoms with E-state index in [0.29, 0.717) is 5.75 Å². The van der Waals surface area contributed by atoms with Gasteiger partial charge in [0.1, 0.15) is 16.1 Å². The maximum absolute atomic E-state index is 12.0. The van der Waals surface area contributed by atoms with Crippen molar-refractivity contribution in [2.45, 2.75) is 6.54 Å². The first kappa shape index (κ1) is 18.3. The summed E-state index contributed by atoms with van der Waals surface area (Å²) in [6.07, 6.45) is 0. The maximum Gasteiger partial charge on any atom is 0.321 e. The topological polar surface area (TPSA) is 80.3 Å². The third-order valence-electron chi connectivity index (χ3n) is 2.97. The summed E-state index contributed by atoms with van der Waals surface area (Å²) in [6.45, 7) is 0.233. The number of aromatic nitrogens is 1. The highest BCUT2D eigenvalue weighted by molar-refractivity contribution is 6.42. The lowest BCUT2D eigenvalue weighted by atomic mass is 10.2. The van der Waals surface area contributed by atoms with Gasteiger partial charge in [-0.15, -0.1) is 0 Å². The molecule has 0 unspecified atom stereocenters. The normalized spacial score (nSPS) is 10.2. The molecule has 24 heavy (non-hydrogen) atoms. The molecule has 2 N–H and O–H groups in total. The molecule has 6 nitrogen and oxygen atoms in total. The molecule has 9 heteroatoms. The average Bonchev–Trinajstić information content (AvgIpc) is 2.56. The molecule has 0 aliphatic heterocycles. The summed E-state index contributed by atoms with van der Waals surface area (Å²) >= 11 is 17.3. The Hall–Kier alpha value is -2.02. The standard InChI is InChI=1S/C15H12Cl3N3O3/c1-24-9-4-2-8(3-5-9)7-19-15(23)21-14(22)10-6-11(16)13(18)20-12(10)17/h2-6H,7H2,1H3,(H2,19,21,22,23). The van der Waals surface area contributed by atoms with E-state index in [0.717, 1.165) is 5.56 Å². The fourth-order valence-corrected chi connectivity index (χ4v) is 2.30. The number of hydrogen-bond donors (Lipinski definition) is 2. The van der Waals surface area contributed by atoms with E-state index in [1.165, 1.54) is 6.07 Å². The molecule has 2 rings (SSSR count). The number of nitrogens with zero attached hydrogens (tertiary/aromatic N) is 1. The number of methoxy groups -OCH3 is 1. The van der Waals surface area contributed by atoms with Crippen LogP contribution in [-0.4, -0.2) is 24.0 Å². The van der Waals surface area contributed by atoms with Crippen molar-refractivity contribution in [1.82, 2.24) is 15.6 Å². The molecule has 0 fully saturated rings. The molecule has 0 saturated heterocycles. The van der Waals surface area contributed by atoms with Gasteiger partial charge in [-0.05, 0) is 23.8 Å². The summed E-state index contributed by atoms with van der Waals surface area (Å²) in [5.41, 5.74) is 0.790. The van der Waals surface area contributed by atoms with Crippen molar-refractivity contribution >= 4 is 46.7 Å². The second kappa shape index (κ2) is 8.19. The van der Waals surface area contributed by atoms with Crippen LogP contribution in [0.3, 0.4) is 0 Å². The van der Waals surface area contributed by atoms with Gasteiger partial charge in [0.25, 0.3) is 5.91 Å². The van der Waals surface area contributed by atoms with Crippen LogP contribution in [0.4, 0.5) is 4.79 Å². The van der Waals surface area contributed by atoms with Gasteiger partial charge in [-0.25, -0.2) is 9.78 Å². The lowest BCUT2D eigenvalue weighted by Crippen LogP contribution is -2.39. The maximum atomic E-state index is 12.0. The Labute approximate surface area is 153 Å². The summed E-state index contributed by atoms with van der Waals surface area (Å²) in [7, 11) is 1.56. The Morgan fingerprint density at radius 1 is 1.12 bits per heavy atom. The predicted molar refractivity (Wildman–Crippen MR) is 92.0 cm³/mol. The number of hydrogen-bond acceptors (Lipinski definition) is 4. The van der Waals surface area contributed by atoms with Crippen LogP contribution in [0, 0.1) is 0 Å². The minimum atomic E-state index is -0.738. The lowest BCUT2D eigenvalue weighted by molar-refractivity contribution is 0.0963. The van der Waals surface area contributed by atoms with E-state index in [-0.39, 0.29) is 27.4 Å². The SMILES string of the molecule is COc1ccc(CNC(=O)NC(=O)c2cc(Cl)c(Cl)nc2Cl)cc1. The molecule has 1 aromatic heterocycles. The van der Waals surface area contributed by atoms with E-state index in [2.05, 4.69) is 15.6 Å². The third-order valence-corrected chi connectivity index (χ3v) is 3.93. The van der Waals surface area contributed by atoms with E-state index in [9.17, 15) is 9.59 Å². The number of nitrogens with one attached hydrogen (secondary N) is 2. The number of halogens is 3. The van der Waals surface area contributed by atoms with Crippen LogP contribution in [0.5, 0.6) is 5.75 Å². The van der Waals surface area contributed by atoms with Gasteiger partial charge in [0.2, 0.25) is 0 Å². The van der Waals surface area contributed by atoms with Crippen LogP contribution in [-0.2, 0) is 6.54 Å². The summed E-state index contributed by atoms with van der Waals surface area (Å²) in [5.74, 6) is -0.0292. The van der Waals surface area contributed by atoms with Crippen molar-refractivity contribution < 1.29 is 14.3 Å². The zero-order valence-corrected chi connectivity index (χ0v) is 14.7. The fraction of sp³-hybridized carbons (Fsp3) is 0.133. The Balaban J connectivity index is 1.94. The van der Waals surface area contributed by atoms with Crippen molar-refractivity contribution in [3.05, 3.63) is 56.8 Å². The van der Waals surface area contributed by atoms with E-state index in [1.807, 2.05) is 0 Å². The molecule has 0 bridgehead atoms. The molecule has 0 aliphatic rings. The number of urea groups is 1. The summed E-state index contributed by atoms with van der Waals surface area (Å²) in [6, 6.07) is 7.67.